The lowest BCUT2D eigenvalue weighted by atomic mass is 10.2. The maximum absolute atomic E-state index is 12.1. The highest BCUT2D eigenvalue weighted by Gasteiger charge is 2.13. The smallest absolute Gasteiger partial charge is 0.248 e. The molecule has 2 aromatic carbocycles. The SMILES string of the molecule is COc1cc(NCc2ccc(/C=C\C(=O)Nc3ccccc3N)cn2)cc(OC)c1OC. The summed E-state index contributed by atoms with van der Waals surface area (Å²) in [5.41, 5.74) is 9.37. The van der Waals surface area contributed by atoms with Gasteiger partial charge in [0.15, 0.2) is 11.5 Å². The van der Waals surface area contributed by atoms with Crippen LogP contribution >= 0.6 is 0 Å². The molecule has 1 heterocycles. The van der Waals surface area contributed by atoms with Crippen LogP contribution < -0.4 is 30.6 Å². The standard InChI is InChI=1S/C24H26N4O4/c1-30-21-12-18(13-22(31-2)24(21)32-3)27-15-17-10-8-16(14-26-17)9-11-23(29)28-20-7-5-4-6-19(20)25/h4-14,27H,15,25H2,1-3H3,(H,28,29)/b11-9-. The summed E-state index contributed by atoms with van der Waals surface area (Å²) in [7, 11) is 4.71. The van der Waals surface area contributed by atoms with Crippen LogP contribution in [0.3, 0.4) is 0 Å². The van der Waals surface area contributed by atoms with Crippen molar-refractivity contribution in [3.8, 4) is 17.2 Å². The number of para-hydroxylation sites is 2. The van der Waals surface area contributed by atoms with Gasteiger partial charge >= 0.3 is 0 Å². The zero-order chi connectivity index (χ0) is 22.9. The molecule has 0 atom stereocenters. The molecular formula is C24H26N4O4. The number of pyridine rings is 1. The van der Waals surface area contributed by atoms with E-state index in [0.717, 1.165) is 16.9 Å². The molecular weight excluding hydrogens is 408 g/mol. The number of nitrogen functional groups attached to an aromatic ring is 1. The number of benzene rings is 2. The average molecular weight is 434 g/mol. The van der Waals surface area contributed by atoms with E-state index in [1.165, 1.54) is 6.08 Å². The number of amides is 1. The fraction of sp³-hybridized carbons (Fsp3) is 0.167. The minimum absolute atomic E-state index is 0.268. The highest BCUT2D eigenvalue weighted by molar-refractivity contribution is 6.03. The first-order valence-electron chi connectivity index (χ1n) is 9.86. The minimum atomic E-state index is -0.268. The molecule has 32 heavy (non-hydrogen) atoms. The van der Waals surface area contributed by atoms with Gasteiger partial charge < -0.3 is 30.6 Å². The predicted octanol–water partition coefficient (Wildman–Crippen LogP) is 3.95. The Morgan fingerprint density at radius 3 is 2.34 bits per heavy atom. The number of hydrogen-bond donors (Lipinski definition) is 3. The molecule has 0 aliphatic heterocycles. The molecule has 0 aliphatic rings. The lowest BCUT2D eigenvalue weighted by Gasteiger charge is -2.15. The Labute approximate surface area is 187 Å². The van der Waals surface area contributed by atoms with E-state index in [0.29, 0.717) is 35.2 Å². The molecule has 0 bridgehead atoms. The van der Waals surface area contributed by atoms with Crippen molar-refractivity contribution < 1.29 is 19.0 Å². The summed E-state index contributed by atoms with van der Waals surface area (Å²) < 4.78 is 16.1. The summed E-state index contributed by atoms with van der Waals surface area (Å²) in [5.74, 6) is 1.40. The Balaban J connectivity index is 1.60. The van der Waals surface area contributed by atoms with Crippen LogP contribution in [0.5, 0.6) is 17.2 Å². The Morgan fingerprint density at radius 1 is 1.03 bits per heavy atom. The highest BCUT2D eigenvalue weighted by atomic mass is 16.5. The van der Waals surface area contributed by atoms with Crippen LogP contribution in [0.15, 0.2) is 60.8 Å². The number of nitrogens with zero attached hydrogens (tertiary/aromatic N) is 1. The van der Waals surface area contributed by atoms with E-state index < -0.39 is 0 Å². The molecule has 0 unspecified atom stereocenters. The number of carbonyl (C=O) groups is 1. The van der Waals surface area contributed by atoms with Gasteiger partial charge in [-0.1, -0.05) is 18.2 Å². The van der Waals surface area contributed by atoms with Crippen molar-refractivity contribution in [2.24, 2.45) is 0 Å². The van der Waals surface area contributed by atoms with Gasteiger partial charge in [-0.05, 0) is 29.8 Å². The Morgan fingerprint density at radius 2 is 1.75 bits per heavy atom. The first-order valence-corrected chi connectivity index (χ1v) is 9.86. The minimum Gasteiger partial charge on any atom is -0.493 e. The third-order valence-corrected chi connectivity index (χ3v) is 4.63. The fourth-order valence-electron chi connectivity index (χ4n) is 2.97. The van der Waals surface area contributed by atoms with Crippen LogP contribution in [-0.2, 0) is 11.3 Å². The summed E-state index contributed by atoms with van der Waals surface area (Å²) >= 11 is 0. The topological polar surface area (TPSA) is 108 Å². The van der Waals surface area contributed by atoms with Gasteiger partial charge in [-0.25, -0.2) is 0 Å². The maximum Gasteiger partial charge on any atom is 0.248 e. The van der Waals surface area contributed by atoms with E-state index in [1.807, 2.05) is 36.4 Å². The van der Waals surface area contributed by atoms with E-state index in [9.17, 15) is 4.79 Å². The molecule has 0 fully saturated rings. The largest absolute Gasteiger partial charge is 0.493 e. The second kappa shape index (κ2) is 10.7. The molecule has 3 aromatic rings. The molecule has 0 aliphatic carbocycles. The molecule has 1 aromatic heterocycles. The number of aromatic nitrogens is 1. The van der Waals surface area contributed by atoms with E-state index >= 15 is 0 Å². The lowest BCUT2D eigenvalue weighted by Crippen LogP contribution is -2.09. The first kappa shape index (κ1) is 22.5. The number of rotatable bonds is 9. The summed E-state index contributed by atoms with van der Waals surface area (Å²) in [4.78, 5) is 16.5. The van der Waals surface area contributed by atoms with Gasteiger partial charge in [0.05, 0.1) is 44.9 Å². The van der Waals surface area contributed by atoms with Crippen LogP contribution in [0.2, 0.25) is 0 Å². The van der Waals surface area contributed by atoms with E-state index in [-0.39, 0.29) is 5.91 Å². The Kier molecular flexibility index (Phi) is 7.53. The zero-order valence-corrected chi connectivity index (χ0v) is 18.2. The number of anilines is 3. The first-order chi connectivity index (χ1) is 15.5. The third-order valence-electron chi connectivity index (χ3n) is 4.63. The van der Waals surface area contributed by atoms with Crippen molar-refractivity contribution in [1.82, 2.24) is 4.98 Å². The van der Waals surface area contributed by atoms with Gasteiger partial charge in [-0.3, -0.25) is 9.78 Å². The molecule has 4 N–H and O–H groups in total. The Hall–Kier alpha value is -4.20. The highest BCUT2D eigenvalue weighted by Crippen LogP contribution is 2.40. The second-order valence-electron chi connectivity index (χ2n) is 6.76. The van der Waals surface area contributed by atoms with Gasteiger partial charge in [0.2, 0.25) is 11.7 Å². The molecule has 0 spiro atoms. The van der Waals surface area contributed by atoms with E-state index in [4.69, 9.17) is 19.9 Å². The van der Waals surface area contributed by atoms with Crippen LogP contribution in [0.1, 0.15) is 11.3 Å². The Bertz CT molecular complexity index is 1070. The average Bonchev–Trinajstić information content (AvgIpc) is 2.82. The van der Waals surface area contributed by atoms with Crippen molar-refractivity contribution in [2.45, 2.75) is 6.54 Å². The number of carbonyl (C=O) groups excluding carboxylic acids is 1. The molecule has 3 rings (SSSR count). The van der Waals surface area contributed by atoms with Crippen LogP contribution in [0.25, 0.3) is 6.08 Å². The van der Waals surface area contributed by atoms with Crippen LogP contribution in [0, 0.1) is 0 Å². The molecule has 8 heteroatoms. The van der Waals surface area contributed by atoms with Crippen LogP contribution in [0.4, 0.5) is 17.1 Å². The molecule has 166 valence electrons. The number of nitrogens with one attached hydrogen (secondary N) is 2. The van der Waals surface area contributed by atoms with Crippen molar-refractivity contribution in [3.05, 3.63) is 72.1 Å². The fourth-order valence-corrected chi connectivity index (χ4v) is 2.97. The molecule has 1 amide bonds. The number of hydrogen-bond acceptors (Lipinski definition) is 7. The molecule has 0 saturated carbocycles. The van der Waals surface area contributed by atoms with E-state index in [1.54, 1.807) is 45.7 Å². The maximum atomic E-state index is 12.1. The van der Waals surface area contributed by atoms with Crippen molar-refractivity contribution in [3.63, 3.8) is 0 Å². The lowest BCUT2D eigenvalue weighted by molar-refractivity contribution is -0.111. The van der Waals surface area contributed by atoms with Crippen molar-refractivity contribution >= 4 is 29.0 Å². The summed E-state index contributed by atoms with van der Waals surface area (Å²) in [6.45, 7) is 0.496. The summed E-state index contributed by atoms with van der Waals surface area (Å²) in [6, 6.07) is 14.5. The number of ether oxygens (including phenoxy) is 3. The zero-order valence-electron chi connectivity index (χ0n) is 18.2. The van der Waals surface area contributed by atoms with Crippen molar-refractivity contribution in [2.75, 3.05) is 37.7 Å². The van der Waals surface area contributed by atoms with Gasteiger partial charge in [0.1, 0.15) is 0 Å². The number of methoxy groups -OCH3 is 3. The van der Waals surface area contributed by atoms with Crippen LogP contribution in [-0.4, -0.2) is 32.2 Å². The van der Waals surface area contributed by atoms with Gasteiger partial charge in [-0.2, -0.15) is 0 Å². The normalized spacial score (nSPS) is 10.6. The van der Waals surface area contributed by atoms with E-state index in [2.05, 4.69) is 15.6 Å². The van der Waals surface area contributed by atoms with Gasteiger partial charge in [0.25, 0.3) is 0 Å². The molecule has 0 saturated heterocycles. The number of nitrogens with two attached hydrogens (primary N) is 1. The van der Waals surface area contributed by atoms with Crippen molar-refractivity contribution in [1.29, 1.82) is 0 Å². The molecule has 0 radical (unpaired) electrons. The third kappa shape index (κ3) is 5.69. The second-order valence-corrected chi connectivity index (χ2v) is 6.76. The van der Waals surface area contributed by atoms with Gasteiger partial charge in [0, 0.05) is 30.1 Å². The van der Waals surface area contributed by atoms with Gasteiger partial charge in [-0.15, -0.1) is 0 Å². The monoisotopic (exact) mass is 434 g/mol. The summed E-state index contributed by atoms with van der Waals surface area (Å²) in [6.07, 6.45) is 4.84. The quantitative estimate of drug-likeness (QED) is 0.346. The molecule has 8 nitrogen and oxygen atoms in total. The predicted molar refractivity (Wildman–Crippen MR) is 126 cm³/mol. The summed E-state index contributed by atoms with van der Waals surface area (Å²) in [5, 5.41) is 6.04.